The van der Waals surface area contributed by atoms with E-state index in [0.29, 0.717) is 11.1 Å². The van der Waals surface area contributed by atoms with Crippen LogP contribution in [0.5, 0.6) is 0 Å². The Morgan fingerprint density at radius 1 is 1.11 bits per heavy atom. The fraction of sp³-hybridized carbons (Fsp3) is 0.167. The molecule has 0 bridgehead atoms. The first-order valence-electron chi connectivity index (χ1n) is 13.9. The molecule has 0 saturated carbocycles. The molecular formula is C30H23N7O8S2. The Balaban J connectivity index is 1.26. The second-order valence-corrected chi connectivity index (χ2v) is 11.9. The molecule has 6 N–H and O–H groups in total. The van der Waals surface area contributed by atoms with Crippen LogP contribution < -0.4 is 21.6 Å². The third kappa shape index (κ3) is 5.82. The quantitative estimate of drug-likeness (QED) is 0.0792. The number of aliphatic carboxylic acids is 1. The van der Waals surface area contributed by atoms with Gasteiger partial charge < -0.3 is 25.8 Å². The number of aromatic amines is 2. The van der Waals surface area contributed by atoms with E-state index in [1.807, 2.05) is 0 Å². The maximum Gasteiger partial charge on any atom is 0.353 e. The normalized spacial score (nSPS) is 17.8. The van der Waals surface area contributed by atoms with Crippen LogP contribution in [0.3, 0.4) is 0 Å². The van der Waals surface area contributed by atoms with Crippen LogP contribution in [0.2, 0.25) is 0 Å². The minimum Gasteiger partial charge on any atom is -0.477 e. The minimum atomic E-state index is -1.42. The Morgan fingerprint density at radius 3 is 2.55 bits per heavy atom. The fourth-order valence-corrected chi connectivity index (χ4v) is 6.92. The molecule has 0 radical (unpaired) electrons. The molecule has 0 spiro atoms. The number of carbonyl (C=O) groups is 4. The number of H-pyrrole nitrogens is 2. The Kier molecular flexibility index (Phi) is 8.50. The number of aliphatic hydroxyl groups excluding tert-OH is 1. The van der Waals surface area contributed by atoms with Gasteiger partial charge in [-0.15, -0.1) is 11.8 Å². The topological polar surface area (TPSA) is 228 Å². The van der Waals surface area contributed by atoms with Crippen LogP contribution in [0.1, 0.15) is 33.2 Å². The molecule has 2 unspecified atom stereocenters. The van der Waals surface area contributed by atoms with Gasteiger partial charge in [0.1, 0.15) is 39.9 Å². The van der Waals surface area contributed by atoms with Crippen molar-refractivity contribution in [3.05, 3.63) is 115 Å². The number of benzene rings is 1. The third-order valence-electron chi connectivity index (χ3n) is 7.57. The molecule has 1 saturated heterocycles. The Labute approximate surface area is 273 Å². The van der Waals surface area contributed by atoms with Gasteiger partial charge in [0.25, 0.3) is 17.4 Å². The van der Waals surface area contributed by atoms with Gasteiger partial charge in [-0.05, 0) is 29.3 Å². The van der Waals surface area contributed by atoms with Gasteiger partial charge in [-0.1, -0.05) is 36.5 Å². The maximum absolute atomic E-state index is 13.7. The number of nitrogens with one attached hydrogen (secondary N) is 4. The lowest BCUT2D eigenvalue weighted by atomic mass is 9.99. The highest BCUT2D eigenvalue weighted by Crippen LogP contribution is 2.41. The standard InChI is InChI=1S/C30H23N7O8S2/c38-11-13-3-5-14(6-4-13)20(33-26(41)15-10-32-17-2-1-9-31-21(17)24(15)40)27(42)34-22-28(43)37-23(30(44)45)16(12-47-29(22)37)25(46)18-7-8-19(39)36-35-18/h1-10,20,22,29,38H,11-12H2,(H,32,40)(H,33,41)(H,34,42)(H,36,39)(H,44,45)/t20?,22?,29-/m0/s1. The van der Waals surface area contributed by atoms with E-state index >= 15 is 0 Å². The van der Waals surface area contributed by atoms with Crippen LogP contribution in [-0.4, -0.2) is 81.0 Å². The van der Waals surface area contributed by atoms with Gasteiger partial charge in [-0.2, -0.15) is 5.10 Å². The number of hydrogen-bond acceptors (Lipinski definition) is 11. The number of fused-ring (bicyclic) bond motifs is 2. The summed E-state index contributed by atoms with van der Waals surface area (Å²) in [7, 11) is 0. The van der Waals surface area contributed by atoms with Crippen LogP contribution in [0.15, 0.2) is 81.8 Å². The predicted molar refractivity (Wildman–Crippen MR) is 171 cm³/mol. The smallest absolute Gasteiger partial charge is 0.353 e. The van der Waals surface area contributed by atoms with E-state index in [0.717, 1.165) is 16.7 Å². The number of thiocarbonyl (C=S) groups is 1. The minimum absolute atomic E-state index is 0.0282. The molecule has 3 atom stereocenters. The molecule has 5 heterocycles. The van der Waals surface area contributed by atoms with Gasteiger partial charge in [0.15, 0.2) is 0 Å². The molecule has 6 rings (SSSR count). The molecule has 2 aliphatic heterocycles. The van der Waals surface area contributed by atoms with E-state index in [-0.39, 0.29) is 50.8 Å². The van der Waals surface area contributed by atoms with Crippen molar-refractivity contribution in [3.63, 3.8) is 0 Å². The molecule has 0 aliphatic carbocycles. The molecule has 17 heteroatoms. The zero-order valence-corrected chi connectivity index (χ0v) is 25.6. The second-order valence-electron chi connectivity index (χ2n) is 10.4. The zero-order valence-electron chi connectivity index (χ0n) is 23.9. The number of thioether (sulfide) groups is 1. The van der Waals surface area contributed by atoms with Crippen LogP contribution in [0.25, 0.3) is 11.0 Å². The van der Waals surface area contributed by atoms with Gasteiger partial charge in [0.05, 0.1) is 17.0 Å². The van der Waals surface area contributed by atoms with E-state index in [1.54, 1.807) is 24.3 Å². The van der Waals surface area contributed by atoms with Crippen molar-refractivity contribution in [3.8, 4) is 0 Å². The molecule has 238 valence electrons. The number of nitrogens with zero attached hydrogens (tertiary/aromatic N) is 3. The molecule has 1 aromatic carbocycles. The van der Waals surface area contributed by atoms with Crippen molar-refractivity contribution in [2.75, 3.05) is 5.75 Å². The Hall–Kier alpha value is -5.52. The van der Waals surface area contributed by atoms with Crippen molar-refractivity contribution in [2.24, 2.45) is 0 Å². The first kappa shape index (κ1) is 31.5. The van der Waals surface area contributed by atoms with E-state index in [1.165, 1.54) is 36.7 Å². The predicted octanol–water partition coefficient (Wildman–Crippen LogP) is 0.127. The third-order valence-corrected chi connectivity index (χ3v) is 9.31. The van der Waals surface area contributed by atoms with Gasteiger partial charge in [0.2, 0.25) is 11.3 Å². The SMILES string of the molecule is O=C(O)C1=C(C(=S)c2ccc(=O)[nH]n2)CS[C@H]2C(NC(=O)C(NC(=O)c3c[nH]c4cccnc4c3=O)c3ccc(CO)cc3)C(=O)N12. The van der Waals surface area contributed by atoms with Crippen LogP contribution in [0, 0.1) is 0 Å². The monoisotopic (exact) mass is 673 g/mol. The lowest BCUT2D eigenvalue weighted by Crippen LogP contribution is -2.71. The first-order chi connectivity index (χ1) is 22.6. The summed E-state index contributed by atoms with van der Waals surface area (Å²) < 4.78 is 0. The van der Waals surface area contributed by atoms with Gasteiger partial charge in [-0.3, -0.25) is 33.9 Å². The number of amides is 3. The molecule has 3 amide bonds. The highest BCUT2D eigenvalue weighted by molar-refractivity contribution is 8.00. The van der Waals surface area contributed by atoms with Crippen LogP contribution >= 0.6 is 24.0 Å². The van der Waals surface area contributed by atoms with Crippen molar-refractivity contribution < 1.29 is 29.4 Å². The van der Waals surface area contributed by atoms with Crippen LogP contribution in [0.4, 0.5) is 0 Å². The number of carboxylic acids is 1. The molecule has 4 aromatic rings. The Morgan fingerprint density at radius 2 is 1.87 bits per heavy atom. The van der Waals surface area contributed by atoms with E-state index in [9.17, 15) is 39.0 Å². The second kappa shape index (κ2) is 12.7. The van der Waals surface area contributed by atoms with Gasteiger partial charge in [-0.25, -0.2) is 9.89 Å². The lowest BCUT2D eigenvalue weighted by molar-refractivity contribution is -0.150. The van der Waals surface area contributed by atoms with E-state index in [2.05, 4.69) is 30.8 Å². The number of rotatable bonds is 9. The number of pyridine rings is 2. The van der Waals surface area contributed by atoms with Gasteiger partial charge in [0, 0.05) is 29.8 Å². The summed E-state index contributed by atoms with van der Waals surface area (Å²) in [5.74, 6) is -3.77. The average molecular weight is 674 g/mol. The maximum atomic E-state index is 13.7. The van der Waals surface area contributed by atoms with Crippen molar-refractivity contribution in [1.29, 1.82) is 0 Å². The van der Waals surface area contributed by atoms with Crippen molar-refractivity contribution in [1.82, 2.24) is 35.7 Å². The molecule has 3 aromatic heterocycles. The summed E-state index contributed by atoms with van der Waals surface area (Å²) in [6, 6.07) is 9.33. The summed E-state index contributed by atoms with van der Waals surface area (Å²) in [5, 5.41) is 30.0. The summed E-state index contributed by atoms with van der Waals surface area (Å²) in [6.45, 7) is -0.266. The van der Waals surface area contributed by atoms with E-state index in [4.69, 9.17) is 12.2 Å². The number of carbonyl (C=O) groups excluding carboxylic acids is 3. The zero-order chi connectivity index (χ0) is 33.4. The summed E-state index contributed by atoms with van der Waals surface area (Å²) in [5.41, 5.74) is -0.230. The number of hydrogen-bond donors (Lipinski definition) is 6. The number of aromatic nitrogens is 4. The Bertz CT molecular complexity index is 2110. The molecule has 47 heavy (non-hydrogen) atoms. The molecular weight excluding hydrogens is 651 g/mol. The number of aliphatic hydroxyl groups is 1. The molecule has 1 fully saturated rings. The fourth-order valence-electron chi connectivity index (χ4n) is 5.19. The van der Waals surface area contributed by atoms with Crippen molar-refractivity contribution >= 4 is 63.6 Å². The van der Waals surface area contributed by atoms with Crippen LogP contribution in [-0.2, 0) is 21.0 Å². The number of carboxylic acid groups (broad SMARTS) is 1. The lowest BCUT2D eigenvalue weighted by Gasteiger charge is -2.49. The average Bonchev–Trinajstić information content (AvgIpc) is 3.08. The van der Waals surface area contributed by atoms with Crippen molar-refractivity contribution in [2.45, 2.75) is 24.1 Å². The van der Waals surface area contributed by atoms with E-state index < -0.39 is 52.1 Å². The molecule has 2 aliphatic rings. The summed E-state index contributed by atoms with van der Waals surface area (Å²) in [4.78, 5) is 85.2. The highest BCUT2D eigenvalue weighted by Gasteiger charge is 2.55. The summed E-state index contributed by atoms with van der Waals surface area (Å²) in [6.07, 6.45) is 2.62. The molecule has 15 nitrogen and oxygen atoms in total. The largest absolute Gasteiger partial charge is 0.477 e. The van der Waals surface area contributed by atoms with Gasteiger partial charge >= 0.3 is 5.97 Å². The highest BCUT2D eigenvalue weighted by atomic mass is 32.2. The first-order valence-corrected chi connectivity index (χ1v) is 15.3. The summed E-state index contributed by atoms with van der Waals surface area (Å²) >= 11 is 6.61. The number of β-lactam (4-membered cyclic amide) rings is 1.